The zero-order chi connectivity index (χ0) is 9.97. The second-order valence-electron chi connectivity index (χ2n) is 3.50. The molecule has 0 aromatic carbocycles. The molecule has 0 aliphatic heterocycles. The van der Waals surface area contributed by atoms with Crippen LogP contribution in [0.4, 0.5) is 0 Å². The molecule has 2 rings (SSSR count). The maximum atomic E-state index is 5.55. The summed E-state index contributed by atoms with van der Waals surface area (Å²) < 4.78 is 1.87. The molecule has 14 heavy (non-hydrogen) atoms. The smallest absolute Gasteiger partial charge is 0.253 e. The highest BCUT2D eigenvalue weighted by Crippen LogP contribution is 2.06. The third-order valence-electron chi connectivity index (χ3n) is 2.16. The molecule has 74 valence electrons. The van der Waals surface area contributed by atoms with E-state index in [0.29, 0.717) is 18.2 Å². The molecule has 2 aromatic heterocycles. The number of hydrogen-bond acceptors (Lipinski definition) is 4. The molecule has 1 atom stereocenters. The molecule has 0 fully saturated rings. The maximum absolute atomic E-state index is 5.55. The minimum atomic E-state index is 0.452. The molecule has 1 unspecified atom stereocenters. The van der Waals surface area contributed by atoms with Gasteiger partial charge in [0.25, 0.3) is 5.78 Å². The summed E-state index contributed by atoms with van der Waals surface area (Å²) in [7, 11) is 0. The lowest BCUT2D eigenvalue weighted by atomic mass is 10.1. The SMILES string of the molecule is CC(CN)Cc1cn2ccnnc2n1. The predicted molar refractivity (Wildman–Crippen MR) is 52.7 cm³/mol. The third kappa shape index (κ3) is 1.72. The molecule has 0 spiro atoms. The van der Waals surface area contributed by atoms with E-state index < -0.39 is 0 Å². The Balaban J connectivity index is 2.27. The van der Waals surface area contributed by atoms with Gasteiger partial charge >= 0.3 is 0 Å². The second kappa shape index (κ2) is 3.71. The van der Waals surface area contributed by atoms with Crippen LogP contribution in [0, 0.1) is 5.92 Å². The van der Waals surface area contributed by atoms with Crippen molar-refractivity contribution < 1.29 is 0 Å². The van der Waals surface area contributed by atoms with Gasteiger partial charge in [0.15, 0.2) is 0 Å². The Hall–Kier alpha value is -1.49. The average Bonchev–Trinajstić information content (AvgIpc) is 2.59. The number of hydrogen-bond donors (Lipinski definition) is 1. The molecule has 0 amide bonds. The first-order chi connectivity index (χ1) is 6.79. The van der Waals surface area contributed by atoms with Crippen molar-refractivity contribution in [2.45, 2.75) is 13.3 Å². The molecule has 2 heterocycles. The molecule has 0 bridgehead atoms. The van der Waals surface area contributed by atoms with Crippen molar-refractivity contribution in [1.29, 1.82) is 0 Å². The summed E-state index contributed by atoms with van der Waals surface area (Å²) in [6.07, 6.45) is 6.34. The van der Waals surface area contributed by atoms with Gasteiger partial charge in [0, 0.05) is 12.4 Å². The average molecular weight is 191 g/mol. The van der Waals surface area contributed by atoms with E-state index in [2.05, 4.69) is 22.1 Å². The summed E-state index contributed by atoms with van der Waals surface area (Å²) >= 11 is 0. The monoisotopic (exact) mass is 191 g/mol. The van der Waals surface area contributed by atoms with Gasteiger partial charge in [-0.15, -0.1) is 5.10 Å². The quantitative estimate of drug-likeness (QED) is 0.755. The van der Waals surface area contributed by atoms with Crippen molar-refractivity contribution in [3.63, 3.8) is 0 Å². The predicted octanol–water partition coefficient (Wildman–Crippen LogP) is 0.262. The van der Waals surface area contributed by atoms with Gasteiger partial charge in [0.05, 0.1) is 11.9 Å². The van der Waals surface area contributed by atoms with E-state index in [4.69, 9.17) is 5.73 Å². The minimum absolute atomic E-state index is 0.452. The topological polar surface area (TPSA) is 69.1 Å². The van der Waals surface area contributed by atoms with Crippen LogP contribution in [0.25, 0.3) is 5.78 Å². The largest absolute Gasteiger partial charge is 0.330 e. The number of fused-ring (bicyclic) bond motifs is 1. The van der Waals surface area contributed by atoms with Crippen LogP contribution in [-0.4, -0.2) is 26.1 Å². The van der Waals surface area contributed by atoms with Gasteiger partial charge in [-0.25, -0.2) is 4.98 Å². The van der Waals surface area contributed by atoms with E-state index in [9.17, 15) is 0 Å². The normalized spacial score (nSPS) is 13.3. The first-order valence-electron chi connectivity index (χ1n) is 4.65. The van der Waals surface area contributed by atoms with E-state index in [1.807, 2.05) is 16.8 Å². The molecule has 2 N–H and O–H groups in total. The van der Waals surface area contributed by atoms with Crippen molar-refractivity contribution in [1.82, 2.24) is 19.6 Å². The molecule has 0 saturated carbocycles. The van der Waals surface area contributed by atoms with Gasteiger partial charge in [-0.05, 0) is 18.9 Å². The number of nitrogens with two attached hydrogens (primary N) is 1. The number of nitrogens with zero attached hydrogens (tertiary/aromatic N) is 4. The van der Waals surface area contributed by atoms with Gasteiger partial charge in [-0.3, -0.25) is 4.40 Å². The number of aromatic nitrogens is 4. The molecule has 5 heteroatoms. The highest BCUT2D eigenvalue weighted by molar-refractivity contribution is 5.28. The molecule has 5 nitrogen and oxygen atoms in total. The Kier molecular flexibility index (Phi) is 2.41. The van der Waals surface area contributed by atoms with Crippen molar-refractivity contribution in [3.8, 4) is 0 Å². The summed E-state index contributed by atoms with van der Waals surface area (Å²) in [5, 5.41) is 7.67. The lowest BCUT2D eigenvalue weighted by Crippen LogP contribution is -2.13. The van der Waals surface area contributed by atoms with Crippen molar-refractivity contribution in [2.24, 2.45) is 11.7 Å². The summed E-state index contributed by atoms with van der Waals surface area (Å²) in [4.78, 5) is 4.33. The van der Waals surface area contributed by atoms with Gasteiger partial charge in [0.1, 0.15) is 0 Å². The Labute approximate surface area is 82.0 Å². The lowest BCUT2D eigenvalue weighted by molar-refractivity contribution is 0.586. The Morgan fingerprint density at radius 1 is 1.57 bits per heavy atom. The van der Waals surface area contributed by atoms with E-state index in [1.165, 1.54) is 0 Å². The molecule has 0 aliphatic carbocycles. The molecular weight excluding hydrogens is 178 g/mol. The first-order valence-corrected chi connectivity index (χ1v) is 4.65. The summed E-state index contributed by atoms with van der Waals surface area (Å²) in [6, 6.07) is 0. The van der Waals surface area contributed by atoms with Crippen LogP contribution in [-0.2, 0) is 6.42 Å². The highest BCUT2D eigenvalue weighted by atomic mass is 15.2. The molecule has 0 saturated heterocycles. The molecular formula is C9H13N5. The van der Waals surface area contributed by atoms with Crippen molar-refractivity contribution >= 4 is 5.78 Å². The fraction of sp³-hybridized carbons (Fsp3) is 0.444. The summed E-state index contributed by atoms with van der Waals surface area (Å²) in [5.74, 6) is 1.10. The van der Waals surface area contributed by atoms with Gasteiger partial charge in [0.2, 0.25) is 0 Å². The second-order valence-corrected chi connectivity index (χ2v) is 3.50. The van der Waals surface area contributed by atoms with Crippen LogP contribution in [0.15, 0.2) is 18.6 Å². The third-order valence-corrected chi connectivity index (χ3v) is 2.16. The fourth-order valence-electron chi connectivity index (χ4n) is 1.34. The van der Waals surface area contributed by atoms with Gasteiger partial charge < -0.3 is 5.73 Å². The van der Waals surface area contributed by atoms with Gasteiger partial charge in [-0.1, -0.05) is 6.92 Å². The number of imidazole rings is 1. The highest BCUT2D eigenvalue weighted by Gasteiger charge is 2.06. The van der Waals surface area contributed by atoms with Crippen LogP contribution in [0.2, 0.25) is 0 Å². The summed E-state index contributed by atoms with van der Waals surface area (Å²) in [5.41, 5.74) is 6.57. The maximum Gasteiger partial charge on any atom is 0.253 e. The van der Waals surface area contributed by atoms with E-state index >= 15 is 0 Å². The van der Waals surface area contributed by atoms with Crippen LogP contribution >= 0.6 is 0 Å². The Morgan fingerprint density at radius 2 is 2.43 bits per heavy atom. The number of rotatable bonds is 3. The molecule has 0 aliphatic rings. The van der Waals surface area contributed by atoms with Crippen molar-refractivity contribution in [3.05, 3.63) is 24.3 Å². The van der Waals surface area contributed by atoms with Gasteiger partial charge in [-0.2, -0.15) is 5.10 Å². The zero-order valence-electron chi connectivity index (χ0n) is 8.09. The molecule has 2 aromatic rings. The zero-order valence-corrected chi connectivity index (χ0v) is 8.09. The standard InChI is InChI=1S/C9H13N5/c1-7(5-10)4-8-6-14-3-2-11-13-9(14)12-8/h2-3,6-7H,4-5,10H2,1H3. The van der Waals surface area contributed by atoms with Crippen molar-refractivity contribution in [2.75, 3.05) is 6.54 Å². The first kappa shape index (κ1) is 9.08. The van der Waals surface area contributed by atoms with E-state index in [0.717, 1.165) is 12.1 Å². The van der Waals surface area contributed by atoms with Crippen LogP contribution in [0.1, 0.15) is 12.6 Å². The molecule has 0 radical (unpaired) electrons. The fourth-order valence-corrected chi connectivity index (χ4v) is 1.34. The van der Waals surface area contributed by atoms with Crippen LogP contribution in [0.5, 0.6) is 0 Å². The van der Waals surface area contributed by atoms with Crippen LogP contribution in [0.3, 0.4) is 0 Å². The van der Waals surface area contributed by atoms with E-state index in [-0.39, 0.29) is 0 Å². The van der Waals surface area contributed by atoms with E-state index in [1.54, 1.807) is 6.20 Å². The van der Waals surface area contributed by atoms with Crippen LogP contribution < -0.4 is 5.73 Å². The Bertz CT molecular complexity index is 389. The minimum Gasteiger partial charge on any atom is -0.330 e. The lowest BCUT2D eigenvalue weighted by Gasteiger charge is -2.03. The Morgan fingerprint density at radius 3 is 3.14 bits per heavy atom. The summed E-state index contributed by atoms with van der Waals surface area (Å²) in [6.45, 7) is 2.79.